The fourth-order valence-electron chi connectivity index (χ4n) is 2.11. The summed E-state index contributed by atoms with van der Waals surface area (Å²) in [4.78, 5) is 25.1. The number of nitrogen functional groups attached to an aromatic ring is 1. The van der Waals surface area contributed by atoms with Gasteiger partial charge in [0.05, 0.1) is 10.6 Å². The predicted octanol–water partition coefficient (Wildman–Crippen LogP) is 1.69. The van der Waals surface area contributed by atoms with E-state index in [4.69, 9.17) is 17.3 Å². The Balaban J connectivity index is 0.00000200. The fraction of sp³-hybridized carbons (Fsp3) is 0.385. The molecule has 0 radical (unpaired) electrons. The zero-order valence-electron chi connectivity index (χ0n) is 11.1. The normalized spacial score (nSPS) is 18.4. The molecule has 0 aliphatic carbocycles. The van der Waals surface area contributed by atoms with Crippen LogP contribution in [-0.4, -0.2) is 36.3 Å². The SMILES string of the molecule is CN1CC(NC(=O)c2ccc(N)cc2Cl)CCC1=O.Cl. The Labute approximate surface area is 128 Å². The molecule has 1 fully saturated rings. The highest BCUT2D eigenvalue weighted by atomic mass is 35.5. The molecule has 0 spiro atoms. The third kappa shape index (κ3) is 3.77. The summed E-state index contributed by atoms with van der Waals surface area (Å²) in [5, 5.41) is 3.22. The topological polar surface area (TPSA) is 75.4 Å². The van der Waals surface area contributed by atoms with E-state index in [0.29, 0.717) is 35.7 Å². The number of piperidine rings is 1. The number of anilines is 1. The molecule has 7 heteroatoms. The third-order valence-electron chi connectivity index (χ3n) is 3.20. The summed E-state index contributed by atoms with van der Waals surface area (Å²) in [7, 11) is 1.73. The molecule has 20 heavy (non-hydrogen) atoms. The molecule has 1 aliphatic rings. The minimum atomic E-state index is -0.238. The summed E-state index contributed by atoms with van der Waals surface area (Å²) in [5.41, 5.74) is 6.50. The van der Waals surface area contributed by atoms with Gasteiger partial charge in [-0.25, -0.2) is 0 Å². The second-order valence-electron chi connectivity index (χ2n) is 4.72. The highest BCUT2D eigenvalue weighted by molar-refractivity contribution is 6.34. The van der Waals surface area contributed by atoms with E-state index in [2.05, 4.69) is 5.32 Å². The number of amides is 2. The molecule has 110 valence electrons. The molecule has 1 atom stereocenters. The maximum Gasteiger partial charge on any atom is 0.253 e. The Kier molecular flexibility index (Phi) is 5.65. The molecular formula is C13H17Cl2N3O2. The van der Waals surface area contributed by atoms with Crippen molar-refractivity contribution in [1.29, 1.82) is 0 Å². The lowest BCUT2D eigenvalue weighted by Crippen LogP contribution is -2.48. The summed E-state index contributed by atoms with van der Waals surface area (Å²) in [6.45, 7) is 0.525. The molecule has 5 nitrogen and oxygen atoms in total. The Bertz CT molecular complexity index is 522. The minimum absolute atomic E-state index is 0. The minimum Gasteiger partial charge on any atom is -0.399 e. The predicted molar refractivity (Wildman–Crippen MR) is 81.2 cm³/mol. The first kappa shape index (κ1) is 16.6. The van der Waals surface area contributed by atoms with Gasteiger partial charge in [0.1, 0.15) is 0 Å². The molecule has 1 heterocycles. The largest absolute Gasteiger partial charge is 0.399 e. The Morgan fingerprint density at radius 2 is 2.20 bits per heavy atom. The molecule has 1 saturated heterocycles. The zero-order chi connectivity index (χ0) is 14.0. The number of carbonyl (C=O) groups is 2. The van der Waals surface area contributed by atoms with Crippen molar-refractivity contribution in [3.8, 4) is 0 Å². The van der Waals surface area contributed by atoms with Crippen molar-refractivity contribution in [3.63, 3.8) is 0 Å². The molecule has 2 rings (SSSR count). The maximum atomic E-state index is 12.1. The summed E-state index contributed by atoms with van der Waals surface area (Å²) in [6.07, 6.45) is 1.11. The standard InChI is InChI=1S/C13H16ClN3O2.ClH/c1-17-7-9(3-5-12(17)18)16-13(19)10-4-2-8(15)6-11(10)14;/h2,4,6,9H,3,5,7,15H2,1H3,(H,16,19);1H. The van der Waals surface area contributed by atoms with Gasteiger partial charge in [-0.3, -0.25) is 9.59 Å². The van der Waals surface area contributed by atoms with Crippen LogP contribution >= 0.6 is 24.0 Å². The summed E-state index contributed by atoms with van der Waals surface area (Å²) in [6, 6.07) is 4.75. The van der Waals surface area contributed by atoms with E-state index in [1.54, 1.807) is 30.1 Å². The Hall–Kier alpha value is -1.46. The van der Waals surface area contributed by atoms with E-state index < -0.39 is 0 Å². The number of nitrogens with two attached hydrogens (primary N) is 1. The van der Waals surface area contributed by atoms with Crippen molar-refractivity contribution in [3.05, 3.63) is 28.8 Å². The van der Waals surface area contributed by atoms with Crippen molar-refractivity contribution in [2.45, 2.75) is 18.9 Å². The first-order chi connectivity index (χ1) is 8.97. The second-order valence-corrected chi connectivity index (χ2v) is 5.13. The van der Waals surface area contributed by atoms with Gasteiger partial charge in [-0.15, -0.1) is 12.4 Å². The average Bonchev–Trinajstić information content (AvgIpc) is 2.33. The maximum absolute atomic E-state index is 12.1. The quantitative estimate of drug-likeness (QED) is 0.815. The van der Waals surface area contributed by atoms with Crippen LogP contribution in [0.15, 0.2) is 18.2 Å². The lowest BCUT2D eigenvalue weighted by molar-refractivity contribution is -0.132. The third-order valence-corrected chi connectivity index (χ3v) is 3.51. The summed E-state index contributed by atoms with van der Waals surface area (Å²) in [5.74, 6) is -0.131. The van der Waals surface area contributed by atoms with E-state index >= 15 is 0 Å². The zero-order valence-corrected chi connectivity index (χ0v) is 12.6. The van der Waals surface area contributed by atoms with Crippen molar-refractivity contribution in [2.24, 2.45) is 0 Å². The van der Waals surface area contributed by atoms with Gasteiger partial charge >= 0.3 is 0 Å². The highest BCUT2D eigenvalue weighted by Crippen LogP contribution is 2.19. The van der Waals surface area contributed by atoms with Crippen molar-refractivity contribution >= 4 is 41.5 Å². The van der Waals surface area contributed by atoms with Gasteiger partial charge in [0.25, 0.3) is 5.91 Å². The summed E-state index contributed by atoms with van der Waals surface area (Å²) < 4.78 is 0. The lowest BCUT2D eigenvalue weighted by Gasteiger charge is -2.30. The van der Waals surface area contributed by atoms with E-state index in [9.17, 15) is 9.59 Å². The van der Waals surface area contributed by atoms with Crippen LogP contribution in [0.4, 0.5) is 5.69 Å². The number of halogens is 2. The number of hydrogen-bond acceptors (Lipinski definition) is 3. The van der Waals surface area contributed by atoms with Gasteiger partial charge in [-0.1, -0.05) is 11.6 Å². The number of likely N-dealkylation sites (tertiary alicyclic amines) is 1. The number of nitrogens with zero attached hydrogens (tertiary/aromatic N) is 1. The molecule has 1 unspecified atom stereocenters. The first-order valence-corrected chi connectivity index (χ1v) is 6.45. The van der Waals surface area contributed by atoms with Crippen molar-refractivity contribution in [2.75, 3.05) is 19.3 Å². The van der Waals surface area contributed by atoms with Crippen LogP contribution in [0.1, 0.15) is 23.2 Å². The molecule has 0 saturated carbocycles. The van der Waals surface area contributed by atoms with Gasteiger partial charge in [-0.2, -0.15) is 0 Å². The van der Waals surface area contributed by atoms with Crippen LogP contribution in [0.2, 0.25) is 5.02 Å². The molecule has 1 aliphatic heterocycles. The number of benzene rings is 1. The van der Waals surface area contributed by atoms with Gasteiger partial charge in [-0.05, 0) is 24.6 Å². The molecule has 1 aromatic carbocycles. The molecule has 0 aromatic heterocycles. The number of carbonyl (C=O) groups excluding carboxylic acids is 2. The van der Waals surface area contributed by atoms with E-state index in [1.165, 1.54) is 0 Å². The van der Waals surface area contributed by atoms with E-state index in [0.717, 1.165) is 0 Å². The highest BCUT2D eigenvalue weighted by Gasteiger charge is 2.24. The van der Waals surface area contributed by atoms with Gasteiger partial charge in [0.15, 0.2) is 0 Å². The molecule has 1 aromatic rings. The molecule has 2 amide bonds. The Morgan fingerprint density at radius 3 is 2.80 bits per heavy atom. The van der Waals surface area contributed by atoms with Crippen LogP contribution in [-0.2, 0) is 4.79 Å². The van der Waals surface area contributed by atoms with E-state index in [-0.39, 0.29) is 30.3 Å². The number of likely N-dealkylation sites (N-methyl/N-ethyl adjacent to an activating group) is 1. The monoisotopic (exact) mass is 317 g/mol. The van der Waals surface area contributed by atoms with Crippen molar-refractivity contribution in [1.82, 2.24) is 10.2 Å². The average molecular weight is 318 g/mol. The van der Waals surface area contributed by atoms with Crippen LogP contribution in [0.5, 0.6) is 0 Å². The first-order valence-electron chi connectivity index (χ1n) is 6.07. The molecular weight excluding hydrogens is 301 g/mol. The molecule has 3 N–H and O–H groups in total. The van der Waals surface area contributed by atoms with Crippen LogP contribution < -0.4 is 11.1 Å². The Morgan fingerprint density at radius 1 is 1.50 bits per heavy atom. The van der Waals surface area contributed by atoms with Gasteiger partial charge in [0.2, 0.25) is 5.91 Å². The fourth-order valence-corrected chi connectivity index (χ4v) is 2.38. The number of nitrogens with one attached hydrogen (secondary N) is 1. The lowest BCUT2D eigenvalue weighted by atomic mass is 10.0. The number of rotatable bonds is 2. The van der Waals surface area contributed by atoms with Gasteiger partial charge < -0.3 is 16.0 Å². The second kappa shape index (κ2) is 6.81. The smallest absolute Gasteiger partial charge is 0.253 e. The number of hydrogen-bond donors (Lipinski definition) is 2. The van der Waals surface area contributed by atoms with Crippen LogP contribution in [0.25, 0.3) is 0 Å². The van der Waals surface area contributed by atoms with Crippen LogP contribution in [0.3, 0.4) is 0 Å². The van der Waals surface area contributed by atoms with Crippen molar-refractivity contribution < 1.29 is 9.59 Å². The van der Waals surface area contributed by atoms with Crippen LogP contribution in [0, 0.1) is 0 Å². The van der Waals surface area contributed by atoms with E-state index in [1.807, 2.05) is 0 Å². The summed E-state index contributed by atoms with van der Waals surface area (Å²) >= 11 is 5.99. The van der Waals surface area contributed by atoms with Gasteiger partial charge in [0, 0.05) is 31.7 Å². The molecule has 0 bridgehead atoms.